The van der Waals surface area contributed by atoms with Crippen molar-refractivity contribution in [3.63, 3.8) is 0 Å². The molecule has 1 heterocycles. The zero-order valence-electron chi connectivity index (χ0n) is 21.3. The lowest BCUT2D eigenvalue weighted by molar-refractivity contribution is 0.601. The Morgan fingerprint density at radius 2 is 1.11 bits per heavy atom. The number of hydrogen-bond acceptors (Lipinski definition) is 1. The molecule has 1 aromatic heterocycles. The molecule has 0 radical (unpaired) electrons. The fraction of sp³-hybridized carbons (Fsp3) is 0.171. The predicted molar refractivity (Wildman–Crippen MR) is 150 cm³/mol. The van der Waals surface area contributed by atoms with Gasteiger partial charge in [0, 0.05) is 22.6 Å². The molecule has 1 nitrogen and oxygen atoms in total. The second kappa shape index (κ2) is 7.27. The van der Waals surface area contributed by atoms with E-state index < -0.39 is 0 Å². The average Bonchev–Trinajstić information content (AvgIpc) is 3.29. The summed E-state index contributed by atoms with van der Waals surface area (Å²) >= 11 is 0. The van der Waals surface area contributed by atoms with Crippen LogP contribution in [0.1, 0.15) is 49.9 Å². The maximum Gasteiger partial charge on any atom is 0.0708 e. The predicted octanol–water partition coefficient (Wildman–Crippen LogP) is 9.03. The van der Waals surface area contributed by atoms with Crippen molar-refractivity contribution < 1.29 is 0 Å². The van der Waals surface area contributed by atoms with Crippen LogP contribution in [-0.4, -0.2) is 4.98 Å². The molecule has 0 N–H and O–H groups in total. The fourth-order valence-electron chi connectivity index (χ4n) is 6.82. The van der Waals surface area contributed by atoms with E-state index in [9.17, 15) is 0 Å². The lowest BCUT2D eigenvalue weighted by Gasteiger charge is -2.31. The third-order valence-electron chi connectivity index (χ3n) is 8.48. The summed E-state index contributed by atoms with van der Waals surface area (Å²) in [5.74, 6) is 0. The van der Waals surface area contributed by atoms with Crippen LogP contribution in [-0.2, 0) is 10.8 Å². The number of benzene rings is 4. The number of rotatable bonds is 2. The average molecular weight is 464 g/mol. The van der Waals surface area contributed by atoms with Gasteiger partial charge in [0.2, 0.25) is 0 Å². The highest BCUT2D eigenvalue weighted by atomic mass is 14.7. The van der Waals surface area contributed by atoms with Crippen molar-refractivity contribution >= 4 is 0 Å². The molecule has 5 aromatic rings. The molecule has 4 aromatic carbocycles. The quantitative estimate of drug-likeness (QED) is 0.254. The van der Waals surface area contributed by atoms with E-state index in [0.29, 0.717) is 0 Å². The molecule has 0 atom stereocenters. The fourth-order valence-corrected chi connectivity index (χ4v) is 6.82. The lowest BCUT2D eigenvalue weighted by atomic mass is 9.71. The van der Waals surface area contributed by atoms with Gasteiger partial charge in [-0.2, -0.15) is 0 Å². The van der Waals surface area contributed by atoms with Crippen LogP contribution in [0.15, 0.2) is 103 Å². The Bertz CT molecular complexity index is 1670. The monoisotopic (exact) mass is 463 g/mol. The molecule has 2 aliphatic carbocycles. The summed E-state index contributed by atoms with van der Waals surface area (Å²) in [6.07, 6.45) is 1.96. The van der Waals surface area contributed by atoms with Gasteiger partial charge in [-0.25, -0.2) is 0 Å². The summed E-state index contributed by atoms with van der Waals surface area (Å²) in [6.45, 7) is 9.61. The number of fused-ring (bicyclic) bond motifs is 7. The largest absolute Gasteiger partial charge is 0.256 e. The van der Waals surface area contributed by atoms with Crippen LogP contribution in [0.3, 0.4) is 0 Å². The molecular formula is C35H29N. The molecular weight excluding hydrogens is 434 g/mol. The van der Waals surface area contributed by atoms with Crippen molar-refractivity contribution in [2.75, 3.05) is 0 Å². The Morgan fingerprint density at radius 1 is 0.500 bits per heavy atom. The second-order valence-electron chi connectivity index (χ2n) is 11.2. The Labute approximate surface area is 213 Å². The van der Waals surface area contributed by atoms with Gasteiger partial charge in [-0.3, -0.25) is 4.98 Å². The smallest absolute Gasteiger partial charge is 0.0708 e. The molecule has 2 aliphatic rings. The van der Waals surface area contributed by atoms with E-state index in [2.05, 4.69) is 125 Å². The van der Waals surface area contributed by atoms with Crippen LogP contribution in [0.5, 0.6) is 0 Å². The third-order valence-corrected chi connectivity index (χ3v) is 8.48. The van der Waals surface area contributed by atoms with Crippen molar-refractivity contribution in [3.8, 4) is 44.6 Å². The summed E-state index contributed by atoms with van der Waals surface area (Å²) in [6, 6.07) is 35.4. The summed E-state index contributed by atoms with van der Waals surface area (Å²) < 4.78 is 0. The first-order valence-electron chi connectivity index (χ1n) is 12.8. The summed E-state index contributed by atoms with van der Waals surface area (Å²) in [4.78, 5) is 4.73. The Hall–Kier alpha value is -3.97. The molecule has 0 saturated heterocycles. The normalized spacial score (nSPS) is 15.7. The van der Waals surface area contributed by atoms with Crippen molar-refractivity contribution in [1.82, 2.24) is 4.98 Å². The van der Waals surface area contributed by atoms with Gasteiger partial charge in [0.15, 0.2) is 0 Å². The highest BCUT2D eigenvalue weighted by Crippen LogP contribution is 2.61. The van der Waals surface area contributed by atoms with Crippen molar-refractivity contribution in [2.24, 2.45) is 0 Å². The van der Waals surface area contributed by atoms with Crippen LogP contribution < -0.4 is 0 Å². The standard InChI is InChI=1S/C35H29N/c1-34(2)28-16-10-8-14-24(28)27-21-26(23-18-19-36-30(20-23)22-12-6-5-7-13-22)31-25-15-9-11-17-29(25)35(3,4)33(31)32(27)34/h5-21H,1-4H3. The minimum absolute atomic E-state index is 0.0543. The van der Waals surface area contributed by atoms with Gasteiger partial charge in [0.25, 0.3) is 0 Å². The Morgan fingerprint density at radius 3 is 1.86 bits per heavy atom. The minimum Gasteiger partial charge on any atom is -0.256 e. The first kappa shape index (κ1) is 21.3. The van der Waals surface area contributed by atoms with Gasteiger partial charge >= 0.3 is 0 Å². The van der Waals surface area contributed by atoms with E-state index >= 15 is 0 Å². The first-order chi connectivity index (χ1) is 17.4. The summed E-state index contributed by atoms with van der Waals surface area (Å²) in [7, 11) is 0. The molecule has 1 heteroatoms. The minimum atomic E-state index is -0.0827. The van der Waals surface area contributed by atoms with Gasteiger partial charge < -0.3 is 0 Å². The van der Waals surface area contributed by atoms with E-state index in [4.69, 9.17) is 4.98 Å². The lowest BCUT2D eigenvalue weighted by Crippen LogP contribution is -2.24. The second-order valence-corrected chi connectivity index (χ2v) is 11.2. The third kappa shape index (κ3) is 2.74. The molecule has 0 saturated carbocycles. The number of pyridine rings is 1. The Kier molecular flexibility index (Phi) is 4.31. The van der Waals surface area contributed by atoms with Crippen molar-refractivity contribution in [3.05, 3.63) is 126 Å². The zero-order valence-corrected chi connectivity index (χ0v) is 21.3. The highest BCUT2D eigenvalue weighted by Gasteiger charge is 2.46. The van der Waals surface area contributed by atoms with E-state index in [1.807, 2.05) is 6.20 Å². The van der Waals surface area contributed by atoms with Gasteiger partial charge in [0.1, 0.15) is 0 Å². The first-order valence-corrected chi connectivity index (χ1v) is 12.8. The van der Waals surface area contributed by atoms with E-state index in [0.717, 1.165) is 11.3 Å². The van der Waals surface area contributed by atoms with Gasteiger partial charge in [0.05, 0.1) is 5.69 Å². The molecule has 174 valence electrons. The van der Waals surface area contributed by atoms with Gasteiger partial charge in [-0.1, -0.05) is 107 Å². The van der Waals surface area contributed by atoms with Crippen LogP contribution in [0.4, 0.5) is 0 Å². The molecule has 0 amide bonds. The SMILES string of the molecule is CC1(C)c2ccccc2-c2cc(-c3ccnc(-c4ccccc4)c3)c3c(c21)C(C)(C)c1ccccc1-3. The van der Waals surface area contributed by atoms with Crippen LogP contribution >= 0.6 is 0 Å². The molecule has 0 aliphatic heterocycles. The topological polar surface area (TPSA) is 12.9 Å². The van der Waals surface area contributed by atoms with Crippen LogP contribution in [0.25, 0.3) is 44.6 Å². The van der Waals surface area contributed by atoms with Crippen LogP contribution in [0.2, 0.25) is 0 Å². The van der Waals surface area contributed by atoms with Gasteiger partial charge in [-0.15, -0.1) is 0 Å². The van der Waals surface area contributed by atoms with Crippen LogP contribution in [0, 0.1) is 0 Å². The van der Waals surface area contributed by atoms with Gasteiger partial charge in [-0.05, 0) is 73.8 Å². The molecule has 0 fully saturated rings. The summed E-state index contributed by atoms with van der Waals surface area (Å²) in [5.41, 5.74) is 15.8. The Balaban J connectivity index is 1.60. The van der Waals surface area contributed by atoms with E-state index in [1.54, 1.807) is 0 Å². The van der Waals surface area contributed by atoms with E-state index in [-0.39, 0.29) is 10.8 Å². The molecule has 0 spiro atoms. The van der Waals surface area contributed by atoms with Crippen molar-refractivity contribution in [2.45, 2.75) is 38.5 Å². The summed E-state index contributed by atoms with van der Waals surface area (Å²) in [5, 5.41) is 0. The van der Waals surface area contributed by atoms with E-state index in [1.165, 1.54) is 55.6 Å². The maximum atomic E-state index is 4.73. The number of aromatic nitrogens is 1. The number of nitrogens with zero attached hydrogens (tertiary/aromatic N) is 1. The number of hydrogen-bond donors (Lipinski definition) is 0. The molecule has 0 unspecified atom stereocenters. The highest BCUT2D eigenvalue weighted by molar-refractivity contribution is 5.99. The molecule has 36 heavy (non-hydrogen) atoms. The molecule has 7 rings (SSSR count). The zero-order chi connectivity index (χ0) is 24.7. The molecule has 0 bridgehead atoms. The maximum absolute atomic E-state index is 4.73. The van der Waals surface area contributed by atoms with Crippen molar-refractivity contribution in [1.29, 1.82) is 0 Å².